The Bertz CT molecular complexity index is 996. The van der Waals surface area contributed by atoms with Gasteiger partial charge in [-0.2, -0.15) is 0 Å². The first kappa shape index (κ1) is 58.1. The molecule has 60 heavy (non-hydrogen) atoms. The summed E-state index contributed by atoms with van der Waals surface area (Å²) >= 11 is 0. The van der Waals surface area contributed by atoms with E-state index in [1.807, 2.05) is 6.08 Å². The molecular formula is C56H103NO3. The Morgan fingerprint density at radius 1 is 0.400 bits per heavy atom. The van der Waals surface area contributed by atoms with Crippen molar-refractivity contribution in [2.24, 2.45) is 0 Å². The van der Waals surface area contributed by atoms with Gasteiger partial charge in [-0.1, -0.05) is 248 Å². The van der Waals surface area contributed by atoms with Crippen LogP contribution in [0.25, 0.3) is 0 Å². The number of aliphatic hydroxyl groups excluding tert-OH is 2. The first-order chi connectivity index (χ1) is 29.7. The molecule has 0 aromatic rings. The van der Waals surface area contributed by atoms with E-state index < -0.39 is 12.1 Å². The minimum atomic E-state index is -0.871. The number of rotatable bonds is 48. The van der Waals surface area contributed by atoms with Crippen molar-refractivity contribution in [2.45, 2.75) is 283 Å². The molecular weight excluding hydrogens is 735 g/mol. The molecule has 2 unspecified atom stereocenters. The summed E-state index contributed by atoms with van der Waals surface area (Å²) < 4.78 is 0. The molecule has 0 rings (SSSR count). The third-order valence-corrected chi connectivity index (χ3v) is 12.0. The summed E-state index contributed by atoms with van der Waals surface area (Å²) in [5.41, 5.74) is 0. The molecule has 0 saturated carbocycles. The number of hydrogen-bond acceptors (Lipinski definition) is 3. The van der Waals surface area contributed by atoms with Gasteiger partial charge in [-0.3, -0.25) is 4.79 Å². The third kappa shape index (κ3) is 47.1. The monoisotopic (exact) mass is 838 g/mol. The van der Waals surface area contributed by atoms with E-state index in [-0.39, 0.29) is 12.5 Å². The van der Waals surface area contributed by atoms with Gasteiger partial charge in [0.25, 0.3) is 0 Å². The summed E-state index contributed by atoms with van der Waals surface area (Å²) in [6.45, 7) is 4.29. The van der Waals surface area contributed by atoms with Crippen LogP contribution in [0.1, 0.15) is 271 Å². The molecule has 0 spiro atoms. The van der Waals surface area contributed by atoms with Crippen molar-refractivity contribution in [3.63, 3.8) is 0 Å². The topological polar surface area (TPSA) is 69.6 Å². The van der Waals surface area contributed by atoms with E-state index in [0.717, 1.165) is 44.9 Å². The van der Waals surface area contributed by atoms with Crippen LogP contribution in [-0.4, -0.2) is 34.9 Å². The van der Waals surface area contributed by atoms with Gasteiger partial charge in [0.2, 0.25) is 5.91 Å². The molecule has 0 bridgehead atoms. The number of carbonyl (C=O) groups excluding carboxylic acids is 1. The van der Waals surface area contributed by atoms with E-state index in [1.54, 1.807) is 6.08 Å². The molecule has 4 heteroatoms. The Balaban J connectivity index is 3.54. The van der Waals surface area contributed by atoms with Gasteiger partial charge < -0.3 is 15.5 Å². The van der Waals surface area contributed by atoms with Crippen molar-refractivity contribution >= 4 is 5.91 Å². The fourth-order valence-electron chi connectivity index (χ4n) is 7.89. The Morgan fingerprint density at radius 2 is 0.700 bits per heavy atom. The summed E-state index contributed by atoms with van der Waals surface area (Å²) in [6, 6.07) is -0.646. The molecule has 0 heterocycles. The normalized spacial score (nSPS) is 13.3. The van der Waals surface area contributed by atoms with Crippen LogP contribution >= 0.6 is 0 Å². The summed E-state index contributed by atoms with van der Waals surface area (Å²) in [4.78, 5) is 12.4. The number of aliphatic hydroxyl groups is 2. The average molecular weight is 838 g/mol. The lowest BCUT2D eigenvalue weighted by Gasteiger charge is -2.19. The minimum absolute atomic E-state index is 0.0764. The van der Waals surface area contributed by atoms with Gasteiger partial charge in [0.05, 0.1) is 18.8 Å². The molecule has 0 saturated heterocycles. The van der Waals surface area contributed by atoms with E-state index in [4.69, 9.17) is 0 Å². The predicted octanol–water partition coefficient (Wildman–Crippen LogP) is 17.2. The second-order valence-corrected chi connectivity index (χ2v) is 17.9. The molecule has 0 radical (unpaired) electrons. The lowest BCUT2D eigenvalue weighted by Crippen LogP contribution is -2.45. The lowest BCUT2D eigenvalue weighted by molar-refractivity contribution is -0.123. The first-order valence-electron chi connectivity index (χ1n) is 26.5. The Morgan fingerprint density at radius 3 is 1.07 bits per heavy atom. The average Bonchev–Trinajstić information content (AvgIpc) is 3.25. The zero-order chi connectivity index (χ0) is 43.5. The largest absolute Gasteiger partial charge is 0.394 e. The summed E-state index contributed by atoms with van der Waals surface area (Å²) in [7, 11) is 0. The molecule has 0 aliphatic carbocycles. The molecule has 350 valence electrons. The third-order valence-electron chi connectivity index (χ3n) is 12.0. The molecule has 1 amide bonds. The highest BCUT2D eigenvalue weighted by Gasteiger charge is 2.17. The van der Waals surface area contributed by atoms with Crippen LogP contribution in [0.15, 0.2) is 60.8 Å². The molecule has 0 fully saturated rings. The zero-order valence-electron chi connectivity index (χ0n) is 40.2. The minimum Gasteiger partial charge on any atom is -0.394 e. The van der Waals surface area contributed by atoms with Crippen molar-refractivity contribution in [2.75, 3.05) is 6.61 Å². The maximum Gasteiger partial charge on any atom is 0.220 e. The fraction of sp³-hybridized carbons (Fsp3) is 0.804. The second-order valence-electron chi connectivity index (χ2n) is 17.9. The summed E-state index contributed by atoms with van der Waals surface area (Å²) in [5.74, 6) is -0.0764. The van der Waals surface area contributed by atoms with E-state index in [2.05, 4.69) is 67.8 Å². The van der Waals surface area contributed by atoms with Gasteiger partial charge in [-0.05, 0) is 77.0 Å². The highest BCUT2D eigenvalue weighted by molar-refractivity contribution is 5.76. The van der Waals surface area contributed by atoms with Crippen LogP contribution in [0.5, 0.6) is 0 Å². The molecule has 0 aliphatic heterocycles. The lowest BCUT2D eigenvalue weighted by atomic mass is 10.0. The van der Waals surface area contributed by atoms with Crippen molar-refractivity contribution < 1.29 is 15.0 Å². The SMILES string of the molecule is CCCCCCC/C=C\C/C=C\CCCCCCCCCCCCCCCCCCCC(=O)NC(CO)C(O)/C=C/CC/C=C/CC/C=C/CCCCCCCCCCC. The van der Waals surface area contributed by atoms with E-state index >= 15 is 0 Å². The van der Waals surface area contributed by atoms with Crippen molar-refractivity contribution in [3.8, 4) is 0 Å². The second kappa shape index (κ2) is 51.4. The number of allylic oxidation sites excluding steroid dienone is 9. The number of carbonyl (C=O) groups is 1. The van der Waals surface area contributed by atoms with E-state index in [0.29, 0.717) is 6.42 Å². The Kier molecular flexibility index (Phi) is 49.8. The van der Waals surface area contributed by atoms with Crippen molar-refractivity contribution in [3.05, 3.63) is 60.8 Å². The molecule has 0 aromatic heterocycles. The van der Waals surface area contributed by atoms with Gasteiger partial charge in [0.1, 0.15) is 0 Å². The summed E-state index contributed by atoms with van der Waals surface area (Å²) in [6.07, 6.45) is 72.2. The zero-order valence-corrected chi connectivity index (χ0v) is 40.2. The number of hydrogen-bond donors (Lipinski definition) is 3. The van der Waals surface area contributed by atoms with Gasteiger partial charge in [-0.15, -0.1) is 0 Å². The van der Waals surface area contributed by atoms with Gasteiger partial charge >= 0.3 is 0 Å². The van der Waals surface area contributed by atoms with Crippen LogP contribution in [0, 0.1) is 0 Å². The highest BCUT2D eigenvalue weighted by atomic mass is 16.3. The quantitative estimate of drug-likeness (QED) is 0.0422. The van der Waals surface area contributed by atoms with Crippen LogP contribution in [0.4, 0.5) is 0 Å². The van der Waals surface area contributed by atoms with Crippen LogP contribution in [0.2, 0.25) is 0 Å². The fourth-order valence-corrected chi connectivity index (χ4v) is 7.89. The molecule has 0 aliphatic rings. The standard InChI is InChI=1S/C56H103NO3/c1-3-5-7-9-11-13-15-17-19-21-23-24-25-26-27-28-29-30-31-32-34-36-38-40-42-44-46-48-50-52-56(60)57-54(53-58)55(59)51-49-47-45-43-41-39-37-35-33-22-20-18-16-14-12-10-8-6-4-2/h15,17,21,23,33,35,41,43,49,51,54-55,58-59H,3-14,16,18-20,22,24-32,34,36-40,42,44-48,50,52-53H2,1-2H3,(H,57,60)/b17-15-,23-21-,35-33+,43-41+,51-49+. The van der Waals surface area contributed by atoms with Gasteiger partial charge in [0, 0.05) is 6.42 Å². The highest BCUT2D eigenvalue weighted by Crippen LogP contribution is 2.16. The number of unbranched alkanes of at least 4 members (excludes halogenated alkanes) is 33. The smallest absolute Gasteiger partial charge is 0.220 e. The van der Waals surface area contributed by atoms with Gasteiger partial charge in [-0.25, -0.2) is 0 Å². The predicted molar refractivity (Wildman–Crippen MR) is 267 cm³/mol. The Labute approximate surface area is 375 Å². The Hall–Kier alpha value is -1.91. The van der Waals surface area contributed by atoms with Crippen LogP contribution in [-0.2, 0) is 4.79 Å². The van der Waals surface area contributed by atoms with E-state index in [1.165, 1.54) is 205 Å². The molecule has 2 atom stereocenters. The van der Waals surface area contributed by atoms with Crippen molar-refractivity contribution in [1.29, 1.82) is 0 Å². The summed E-state index contributed by atoms with van der Waals surface area (Å²) in [5, 5.41) is 23.1. The van der Waals surface area contributed by atoms with Crippen LogP contribution in [0.3, 0.4) is 0 Å². The first-order valence-corrected chi connectivity index (χ1v) is 26.5. The molecule has 3 N–H and O–H groups in total. The number of nitrogens with one attached hydrogen (secondary N) is 1. The maximum atomic E-state index is 12.4. The molecule has 0 aromatic carbocycles. The van der Waals surface area contributed by atoms with E-state index in [9.17, 15) is 15.0 Å². The van der Waals surface area contributed by atoms with Crippen molar-refractivity contribution in [1.82, 2.24) is 5.32 Å². The molecule has 4 nitrogen and oxygen atoms in total. The van der Waals surface area contributed by atoms with Crippen LogP contribution < -0.4 is 5.32 Å². The number of amides is 1. The maximum absolute atomic E-state index is 12.4. The van der Waals surface area contributed by atoms with Gasteiger partial charge in [0.15, 0.2) is 0 Å².